The van der Waals surface area contributed by atoms with Crippen LogP contribution in [-0.4, -0.2) is 52.3 Å². The van der Waals surface area contributed by atoms with Crippen molar-refractivity contribution < 1.29 is 40.6 Å². The predicted molar refractivity (Wildman–Crippen MR) is 142 cm³/mol. The Kier molecular flexibility index (Phi) is 8.38. The second-order valence-electron chi connectivity index (χ2n) is 11.2. The zero-order valence-corrected chi connectivity index (χ0v) is 23.0. The fourth-order valence-electron chi connectivity index (χ4n) is 4.71. The molecule has 1 aliphatic rings. The van der Waals surface area contributed by atoms with Crippen molar-refractivity contribution in [2.24, 2.45) is 7.05 Å². The zero-order chi connectivity index (χ0) is 30.2. The number of aromatic nitrogens is 2. The molecule has 1 fully saturated rings. The number of alkyl halides is 5. The molecule has 41 heavy (non-hydrogen) atoms. The summed E-state index contributed by atoms with van der Waals surface area (Å²) < 4.78 is 90.9. The molecule has 1 aliphatic carbocycles. The van der Waals surface area contributed by atoms with Crippen molar-refractivity contribution in [2.45, 2.75) is 76.2 Å². The van der Waals surface area contributed by atoms with Crippen LogP contribution in [0.5, 0.6) is 5.75 Å². The van der Waals surface area contributed by atoms with E-state index in [4.69, 9.17) is 9.47 Å². The zero-order valence-electron chi connectivity index (χ0n) is 23.0. The molecule has 0 bridgehead atoms. The van der Waals surface area contributed by atoms with Gasteiger partial charge in [-0.3, -0.25) is 4.68 Å². The number of para-hydroxylation sites is 1. The number of halogens is 6. The van der Waals surface area contributed by atoms with Gasteiger partial charge >= 0.3 is 18.2 Å². The van der Waals surface area contributed by atoms with Crippen molar-refractivity contribution in [1.82, 2.24) is 15.1 Å². The molecule has 2 aromatic carbocycles. The van der Waals surface area contributed by atoms with Crippen LogP contribution in [0.3, 0.4) is 0 Å². The Morgan fingerprint density at radius 1 is 1.02 bits per heavy atom. The molecule has 1 heterocycles. The summed E-state index contributed by atoms with van der Waals surface area (Å²) in [5.74, 6) is -6.31. The van der Waals surface area contributed by atoms with Gasteiger partial charge in [-0.15, -0.1) is 0 Å². The number of hydrogen-bond acceptors (Lipinski definition) is 5. The number of alkyl carbamates (subject to hydrolysis) is 1. The van der Waals surface area contributed by atoms with Crippen LogP contribution in [0.2, 0.25) is 0 Å². The molecule has 0 atom stereocenters. The quantitative estimate of drug-likeness (QED) is 0.286. The van der Waals surface area contributed by atoms with Crippen LogP contribution in [0.1, 0.15) is 46.5 Å². The van der Waals surface area contributed by atoms with Gasteiger partial charge in [-0.1, -0.05) is 18.2 Å². The van der Waals surface area contributed by atoms with Crippen LogP contribution < -0.4 is 15.4 Å². The number of ether oxygens (including phenoxy) is 2. The molecule has 0 radical (unpaired) electrons. The van der Waals surface area contributed by atoms with Gasteiger partial charge in [-0.25, -0.2) is 9.18 Å². The van der Waals surface area contributed by atoms with Gasteiger partial charge < -0.3 is 20.1 Å². The maximum Gasteiger partial charge on any atom is 0.456 e. The van der Waals surface area contributed by atoms with Gasteiger partial charge in [0.15, 0.2) is 24.0 Å². The minimum atomic E-state index is -5.83. The number of carbonyl (C=O) groups excluding carboxylic acids is 1. The monoisotopic (exact) mass is 586 g/mol. The molecule has 2 N–H and O–H groups in total. The third-order valence-corrected chi connectivity index (χ3v) is 6.73. The largest absolute Gasteiger partial charge is 0.483 e. The van der Waals surface area contributed by atoms with Gasteiger partial charge in [0.25, 0.3) is 0 Å². The Bertz CT molecular complexity index is 1390. The number of carbonyl (C=O) groups is 1. The number of fused-ring (bicyclic) bond motifs is 1. The van der Waals surface area contributed by atoms with E-state index in [1.54, 1.807) is 50.7 Å². The van der Waals surface area contributed by atoms with Crippen molar-refractivity contribution in [3.63, 3.8) is 0 Å². The second kappa shape index (κ2) is 11.3. The lowest BCUT2D eigenvalue weighted by molar-refractivity contribution is -0.290. The fraction of sp³-hybridized carbons (Fsp3) is 0.500. The average molecular weight is 587 g/mol. The molecule has 3 aromatic rings. The van der Waals surface area contributed by atoms with E-state index < -0.39 is 42.0 Å². The molecular formula is C28H32F6N4O3. The molecule has 13 heteroatoms. The summed E-state index contributed by atoms with van der Waals surface area (Å²) >= 11 is 0. The summed E-state index contributed by atoms with van der Waals surface area (Å²) in [4.78, 5) is 12.1. The Morgan fingerprint density at radius 2 is 1.68 bits per heavy atom. The van der Waals surface area contributed by atoms with Crippen molar-refractivity contribution in [3.05, 3.63) is 42.2 Å². The highest BCUT2D eigenvalue weighted by Gasteiger charge is 2.58. The molecule has 224 valence electrons. The smallest absolute Gasteiger partial charge is 0.456 e. The molecule has 1 amide bonds. The summed E-state index contributed by atoms with van der Waals surface area (Å²) in [6, 6.07) is 8.67. The first-order valence-corrected chi connectivity index (χ1v) is 13.1. The highest BCUT2D eigenvalue weighted by atomic mass is 19.4. The molecule has 0 spiro atoms. The molecule has 7 nitrogen and oxygen atoms in total. The van der Waals surface area contributed by atoms with Crippen LogP contribution >= 0.6 is 0 Å². The molecule has 0 unspecified atom stereocenters. The highest BCUT2D eigenvalue weighted by molar-refractivity contribution is 5.93. The van der Waals surface area contributed by atoms with Crippen LogP contribution in [0.15, 0.2) is 36.4 Å². The van der Waals surface area contributed by atoms with E-state index in [0.29, 0.717) is 16.9 Å². The summed E-state index contributed by atoms with van der Waals surface area (Å²) in [6.07, 6.45) is -3.21. The van der Waals surface area contributed by atoms with E-state index in [-0.39, 0.29) is 17.6 Å². The van der Waals surface area contributed by atoms with Crippen LogP contribution in [-0.2, 0) is 11.8 Å². The van der Waals surface area contributed by atoms with Crippen molar-refractivity contribution in [1.29, 1.82) is 0 Å². The first kappa shape index (κ1) is 30.3. The summed E-state index contributed by atoms with van der Waals surface area (Å²) in [5.41, 5.74) is 0.427. The lowest BCUT2D eigenvalue weighted by Crippen LogP contribution is -2.42. The molecule has 0 saturated heterocycles. The fourth-order valence-corrected chi connectivity index (χ4v) is 4.71. The Hall–Kier alpha value is -3.64. The van der Waals surface area contributed by atoms with E-state index in [1.165, 1.54) is 12.1 Å². The molecule has 0 aliphatic heterocycles. The SMILES string of the molecule is Cn1nc(NC2CCC(NC(=O)OC(C)(C)C)CC2)c2ccc(-c3cccc(F)c3OCC(F)(F)C(F)(F)F)cc21. The normalized spacial score (nSPS) is 18.3. The number of rotatable bonds is 7. The molecule has 1 saturated carbocycles. The summed E-state index contributed by atoms with van der Waals surface area (Å²) in [5, 5.41) is 11.6. The van der Waals surface area contributed by atoms with Crippen molar-refractivity contribution >= 4 is 22.8 Å². The molecule has 4 rings (SSSR count). The second-order valence-corrected chi connectivity index (χ2v) is 11.2. The van der Waals surface area contributed by atoms with Gasteiger partial charge in [-0.05, 0) is 70.2 Å². The number of nitrogens with zero attached hydrogens (tertiary/aromatic N) is 2. The van der Waals surface area contributed by atoms with E-state index in [1.807, 2.05) is 0 Å². The van der Waals surface area contributed by atoms with E-state index in [2.05, 4.69) is 15.7 Å². The maximum absolute atomic E-state index is 14.5. The van der Waals surface area contributed by atoms with Gasteiger partial charge in [0.1, 0.15) is 5.60 Å². The van der Waals surface area contributed by atoms with E-state index >= 15 is 0 Å². The van der Waals surface area contributed by atoms with Gasteiger partial charge in [0.05, 0.1) is 5.52 Å². The third kappa shape index (κ3) is 7.17. The predicted octanol–water partition coefficient (Wildman–Crippen LogP) is 7.20. The first-order chi connectivity index (χ1) is 19.0. The minimum Gasteiger partial charge on any atom is -0.483 e. The number of anilines is 1. The Morgan fingerprint density at radius 3 is 2.32 bits per heavy atom. The topological polar surface area (TPSA) is 77.4 Å². The lowest BCUT2D eigenvalue weighted by Gasteiger charge is -2.30. The highest BCUT2D eigenvalue weighted by Crippen LogP contribution is 2.39. The number of aryl methyl sites for hydroxylation is 1. The average Bonchev–Trinajstić information content (AvgIpc) is 3.16. The number of benzene rings is 2. The standard InChI is InChI=1S/C28H32F6N4O3/c1-26(2,3)41-25(39)36-18-11-9-17(10-12-18)35-24-20-13-8-16(14-22(20)38(4)37-24)19-6-5-7-21(29)23(19)40-15-27(30,31)28(32,33)34/h5-8,13-14,17-18H,9-12,15H2,1-4H3,(H,35,37)(H,36,39). The Labute approximate surface area is 233 Å². The Balaban J connectivity index is 1.47. The summed E-state index contributed by atoms with van der Waals surface area (Å²) in [7, 11) is 1.70. The first-order valence-electron chi connectivity index (χ1n) is 13.1. The number of amides is 1. The van der Waals surface area contributed by atoms with E-state index in [0.717, 1.165) is 37.1 Å². The maximum atomic E-state index is 14.5. The lowest BCUT2D eigenvalue weighted by atomic mass is 9.91. The van der Waals surface area contributed by atoms with Crippen LogP contribution in [0.25, 0.3) is 22.0 Å². The minimum absolute atomic E-state index is 0.00435. The van der Waals surface area contributed by atoms with Gasteiger partial charge in [0.2, 0.25) is 0 Å². The van der Waals surface area contributed by atoms with Gasteiger partial charge in [0, 0.05) is 30.1 Å². The number of hydrogen-bond donors (Lipinski definition) is 2. The van der Waals surface area contributed by atoms with Crippen molar-refractivity contribution in [3.8, 4) is 16.9 Å². The molecule has 1 aromatic heterocycles. The van der Waals surface area contributed by atoms with Crippen LogP contribution in [0, 0.1) is 5.82 Å². The van der Waals surface area contributed by atoms with Crippen LogP contribution in [0.4, 0.5) is 37.0 Å². The van der Waals surface area contributed by atoms with Gasteiger partial charge in [-0.2, -0.15) is 27.1 Å². The summed E-state index contributed by atoms with van der Waals surface area (Å²) in [6.45, 7) is 3.36. The van der Waals surface area contributed by atoms with Crippen molar-refractivity contribution in [2.75, 3.05) is 11.9 Å². The van der Waals surface area contributed by atoms with E-state index in [9.17, 15) is 31.1 Å². The third-order valence-electron chi connectivity index (χ3n) is 6.73. The number of nitrogens with one attached hydrogen (secondary N) is 2. The molecular weight excluding hydrogens is 554 g/mol.